The molecule has 1 atom stereocenters. The van der Waals surface area contributed by atoms with E-state index in [0.29, 0.717) is 25.1 Å². The predicted octanol–water partition coefficient (Wildman–Crippen LogP) is 1.32. The van der Waals surface area contributed by atoms with Crippen molar-refractivity contribution in [3.8, 4) is 0 Å². The maximum absolute atomic E-state index is 12.9. The Balaban J connectivity index is 1.77. The van der Waals surface area contributed by atoms with Gasteiger partial charge in [0.05, 0.1) is 5.56 Å². The first-order valence-electron chi connectivity index (χ1n) is 7.86. The van der Waals surface area contributed by atoms with Crippen molar-refractivity contribution in [3.05, 3.63) is 35.4 Å². The number of fused-ring (bicyclic) bond motifs is 1. The first-order chi connectivity index (χ1) is 10.5. The minimum atomic E-state index is -1.08. The Labute approximate surface area is 130 Å². The second-order valence-electron chi connectivity index (χ2n) is 6.18. The summed E-state index contributed by atoms with van der Waals surface area (Å²) in [5.74, 6) is -0.476. The van der Waals surface area contributed by atoms with Crippen LogP contribution < -0.4 is 0 Å². The second-order valence-corrected chi connectivity index (χ2v) is 6.18. The molecular formula is C17H22N2O3. The van der Waals surface area contributed by atoms with Crippen molar-refractivity contribution in [1.29, 1.82) is 0 Å². The van der Waals surface area contributed by atoms with Crippen LogP contribution in [-0.4, -0.2) is 60.0 Å². The van der Waals surface area contributed by atoms with E-state index < -0.39 is 11.6 Å². The number of hydrogen-bond donors (Lipinski definition) is 0. The molecule has 1 fully saturated rings. The van der Waals surface area contributed by atoms with E-state index in [1.165, 1.54) is 0 Å². The first kappa shape index (κ1) is 15.0. The van der Waals surface area contributed by atoms with Crippen LogP contribution in [0.5, 0.6) is 0 Å². The minimum absolute atomic E-state index is 0.0777. The fraction of sp³-hybridized carbons (Fsp3) is 0.529. The van der Waals surface area contributed by atoms with Gasteiger partial charge >= 0.3 is 5.97 Å². The zero-order valence-corrected chi connectivity index (χ0v) is 13.2. The number of esters is 1. The second kappa shape index (κ2) is 5.72. The van der Waals surface area contributed by atoms with Crippen LogP contribution in [0.15, 0.2) is 24.3 Å². The molecule has 2 heterocycles. The molecule has 1 amide bonds. The Kier molecular flexibility index (Phi) is 3.91. The van der Waals surface area contributed by atoms with Gasteiger partial charge in [-0.2, -0.15) is 0 Å². The summed E-state index contributed by atoms with van der Waals surface area (Å²) in [5, 5.41) is 0. The number of amides is 1. The van der Waals surface area contributed by atoms with Gasteiger partial charge in [-0.3, -0.25) is 4.79 Å². The molecule has 118 valence electrons. The van der Waals surface area contributed by atoms with E-state index in [0.717, 1.165) is 25.2 Å². The molecule has 1 saturated heterocycles. The van der Waals surface area contributed by atoms with Gasteiger partial charge in [0.1, 0.15) is 0 Å². The number of carbonyl (C=O) groups is 2. The van der Waals surface area contributed by atoms with E-state index in [-0.39, 0.29) is 5.91 Å². The maximum Gasteiger partial charge on any atom is 0.339 e. The number of piperazine rings is 1. The quantitative estimate of drug-likeness (QED) is 0.773. The molecule has 22 heavy (non-hydrogen) atoms. The molecule has 2 aliphatic heterocycles. The predicted molar refractivity (Wildman–Crippen MR) is 82.7 cm³/mol. The fourth-order valence-electron chi connectivity index (χ4n) is 3.25. The minimum Gasteiger partial charge on any atom is -0.445 e. The number of rotatable bonds is 2. The van der Waals surface area contributed by atoms with Gasteiger partial charge in [-0.1, -0.05) is 25.1 Å². The molecule has 5 heteroatoms. The maximum atomic E-state index is 12.9. The molecule has 5 nitrogen and oxygen atoms in total. The molecule has 2 aliphatic rings. The van der Waals surface area contributed by atoms with Crippen LogP contribution in [0, 0.1) is 0 Å². The highest BCUT2D eigenvalue weighted by Crippen LogP contribution is 2.30. The highest BCUT2D eigenvalue weighted by atomic mass is 16.6. The Morgan fingerprint density at radius 1 is 1.23 bits per heavy atom. The number of cyclic esters (lactones) is 1. The zero-order chi connectivity index (χ0) is 15.7. The van der Waals surface area contributed by atoms with Crippen molar-refractivity contribution >= 4 is 11.9 Å². The van der Waals surface area contributed by atoms with Gasteiger partial charge in [-0.25, -0.2) is 4.79 Å². The molecule has 0 bridgehead atoms. The lowest BCUT2D eigenvalue weighted by molar-refractivity contribution is -0.152. The number of hydrogen-bond acceptors (Lipinski definition) is 4. The van der Waals surface area contributed by atoms with Crippen LogP contribution in [0.2, 0.25) is 0 Å². The Morgan fingerprint density at radius 2 is 1.91 bits per heavy atom. The Morgan fingerprint density at radius 3 is 2.59 bits per heavy atom. The summed E-state index contributed by atoms with van der Waals surface area (Å²) >= 11 is 0. The zero-order valence-electron chi connectivity index (χ0n) is 13.2. The van der Waals surface area contributed by atoms with E-state index in [1.807, 2.05) is 23.1 Å². The third-order valence-corrected chi connectivity index (χ3v) is 4.64. The van der Waals surface area contributed by atoms with Crippen LogP contribution in [-0.2, 0) is 16.0 Å². The normalized spacial score (nSPS) is 25.5. The third-order valence-electron chi connectivity index (χ3n) is 4.64. The van der Waals surface area contributed by atoms with Gasteiger partial charge in [0.2, 0.25) is 0 Å². The molecule has 0 N–H and O–H groups in total. The summed E-state index contributed by atoms with van der Waals surface area (Å²) in [4.78, 5) is 29.2. The summed E-state index contributed by atoms with van der Waals surface area (Å²) in [6, 6.07) is 7.36. The van der Waals surface area contributed by atoms with Crippen molar-refractivity contribution in [3.63, 3.8) is 0 Å². The van der Waals surface area contributed by atoms with Gasteiger partial charge < -0.3 is 14.5 Å². The summed E-state index contributed by atoms with van der Waals surface area (Å²) < 4.78 is 5.52. The lowest BCUT2D eigenvalue weighted by Crippen LogP contribution is -2.57. The van der Waals surface area contributed by atoms with Crippen molar-refractivity contribution in [2.45, 2.75) is 25.9 Å². The van der Waals surface area contributed by atoms with Gasteiger partial charge in [-0.05, 0) is 25.1 Å². The van der Waals surface area contributed by atoms with Gasteiger partial charge in [0.25, 0.3) is 5.91 Å². The van der Waals surface area contributed by atoms with E-state index in [1.54, 1.807) is 13.0 Å². The first-order valence-corrected chi connectivity index (χ1v) is 7.86. The van der Waals surface area contributed by atoms with Crippen LogP contribution in [0.1, 0.15) is 29.8 Å². The number of benzene rings is 1. The summed E-state index contributed by atoms with van der Waals surface area (Å²) in [6.45, 7) is 8.00. The van der Waals surface area contributed by atoms with Crippen LogP contribution in [0.25, 0.3) is 0 Å². The Bertz CT molecular complexity index is 593. The molecule has 0 aliphatic carbocycles. The van der Waals surface area contributed by atoms with Crippen LogP contribution >= 0.6 is 0 Å². The van der Waals surface area contributed by atoms with Gasteiger partial charge in [0.15, 0.2) is 5.60 Å². The summed E-state index contributed by atoms with van der Waals surface area (Å²) in [6.07, 6.45) is 0.446. The molecule has 0 saturated carbocycles. The molecular weight excluding hydrogens is 280 g/mol. The number of likely N-dealkylation sites (N-methyl/N-ethyl adjacent to an activating group) is 1. The number of nitrogens with zero attached hydrogens (tertiary/aromatic N) is 2. The standard InChI is InChI=1S/C17H22N2O3/c1-3-18-8-10-19(11-9-18)16(21)17(2)12-13-6-4-5-7-14(13)15(20)22-17/h4-7H,3,8-12H2,1-2H3. The van der Waals surface area contributed by atoms with Crippen molar-refractivity contribution in [1.82, 2.24) is 9.80 Å². The monoisotopic (exact) mass is 302 g/mol. The molecule has 1 aromatic rings. The summed E-state index contributed by atoms with van der Waals surface area (Å²) in [5.41, 5.74) is 0.380. The van der Waals surface area contributed by atoms with E-state index in [9.17, 15) is 9.59 Å². The lowest BCUT2D eigenvalue weighted by atomic mass is 9.88. The highest BCUT2D eigenvalue weighted by molar-refractivity contribution is 5.97. The lowest BCUT2D eigenvalue weighted by Gasteiger charge is -2.40. The average molecular weight is 302 g/mol. The smallest absolute Gasteiger partial charge is 0.339 e. The molecule has 1 aromatic carbocycles. The van der Waals surface area contributed by atoms with E-state index in [4.69, 9.17) is 4.74 Å². The summed E-state index contributed by atoms with van der Waals surface area (Å²) in [7, 11) is 0. The average Bonchev–Trinajstić information content (AvgIpc) is 2.54. The fourth-order valence-corrected chi connectivity index (χ4v) is 3.25. The van der Waals surface area contributed by atoms with Gasteiger partial charge in [0, 0.05) is 32.6 Å². The topological polar surface area (TPSA) is 49.9 Å². The highest BCUT2D eigenvalue weighted by Gasteiger charge is 2.45. The Hall–Kier alpha value is -1.88. The molecule has 3 rings (SSSR count). The van der Waals surface area contributed by atoms with Gasteiger partial charge in [-0.15, -0.1) is 0 Å². The third kappa shape index (κ3) is 2.61. The van der Waals surface area contributed by atoms with Crippen molar-refractivity contribution in [2.75, 3.05) is 32.7 Å². The molecule has 0 spiro atoms. The van der Waals surface area contributed by atoms with Crippen molar-refractivity contribution in [2.24, 2.45) is 0 Å². The van der Waals surface area contributed by atoms with Crippen LogP contribution in [0.4, 0.5) is 0 Å². The molecule has 0 radical (unpaired) electrons. The van der Waals surface area contributed by atoms with E-state index in [2.05, 4.69) is 11.8 Å². The number of ether oxygens (including phenoxy) is 1. The SMILES string of the molecule is CCN1CCN(C(=O)C2(C)Cc3ccccc3C(=O)O2)CC1. The van der Waals surface area contributed by atoms with E-state index >= 15 is 0 Å². The van der Waals surface area contributed by atoms with Crippen molar-refractivity contribution < 1.29 is 14.3 Å². The molecule has 0 aromatic heterocycles. The number of carbonyl (C=O) groups excluding carboxylic acids is 2. The largest absolute Gasteiger partial charge is 0.445 e. The molecule has 1 unspecified atom stereocenters. The van der Waals surface area contributed by atoms with Crippen LogP contribution in [0.3, 0.4) is 0 Å².